The van der Waals surface area contributed by atoms with Gasteiger partial charge in [0.2, 0.25) is 5.78 Å². The molecule has 0 radical (unpaired) electrons. The van der Waals surface area contributed by atoms with E-state index < -0.39 is 0 Å². The zero-order valence-corrected chi connectivity index (χ0v) is 11.9. The Kier molecular flexibility index (Phi) is 3.65. The zero-order chi connectivity index (χ0) is 14.7. The van der Waals surface area contributed by atoms with Gasteiger partial charge in [0.15, 0.2) is 0 Å². The van der Waals surface area contributed by atoms with Crippen LogP contribution >= 0.6 is 0 Å². The number of carbonyl (C=O) groups excluding carboxylic acids is 1. The molecule has 3 rings (SSSR count). The Morgan fingerprint density at radius 2 is 1.71 bits per heavy atom. The second-order valence-corrected chi connectivity index (χ2v) is 4.86. The van der Waals surface area contributed by atoms with Crippen molar-refractivity contribution in [1.29, 1.82) is 0 Å². The lowest BCUT2D eigenvalue weighted by atomic mass is 10.1. The monoisotopic (exact) mass is 276 g/mol. The summed E-state index contributed by atoms with van der Waals surface area (Å²) in [5.41, 5.74) is 3.30. The first-order valence-electron chi connectivity index (χ1n) is 7.02. The predicted molar refractivity (Wildman–Crippen MR) is 82.8 cm³/mol. The van der Waals surface area contributed by atoms with Gasteiger partial charge in [-0.15, -0.1) is 0 Å². The largest absolute Gasteiger partial charge is 0.287 e. The number of hydrogen-bond donors (Lipinski definition) is 0. The Morgan fingerprint density at radius 3 is 2.38 bits per heavy atom. The molecule has 0 fully saturated rings. The van der Waals surface area contributed by atoms with Crippen molar-refractivity contribution in [3.05, 3.63) is 83.7 Å². The predicted octanol–water partition coefficient (Wildman–Crippen LogP) is 3.67. The van der Waals surface area contributed by atoms with Crippen LogP contribution in [0, 0.1) is 0 Å². The molecule has 0 amide bonds. The van der Waals surface area contributed by atoms with E-state index in [0.717, 1.165) is 12.1 Å². The molecule has 3 aromatic rings. The maximum Gasteiger partial charge on any atom is 0.213 e. The third-order valence-electron chi connectivity index (χ3n) is 3.47. The van der Waals surface area contributed by atoms with Crippen LogP contribution in [0.25, 0.3) is 5.69 Å². The number of carbonyl (C=O) groups is 1. The summed E-state index contributed by atoms with van der Waals surface area (Å²) in [4.78, 5) is 12.4. The molecule has 1 aromatic heterocycles. The number of ketones is 1. The normalized spacial score (nSPS) is 10.5. The fourth-order valence-electron chi connectivity index (χ4n) is 2.21. The van der Waals surface area contributed by atoms with Gasteiger partial charge in [0, 0.05) is 11.8 Å². The number of rotatable bonds is 4. The minimum absolute atomic E-state index is 0.0488. The second-order valence-electron chi connectivity index (χ2n) is 4.86. The Bertz CT molecular complexity index is 742. The van der Waals surface area contributed by atoms with Gasteiger partial charge in [0.1, 0.15) is 5.69 Å². The van der Waals surface area contributed by atoms with Crippen LogP contribution in [0.15, 0.2) is 66.9 Å². The highest BCUT2D eigenvalue weighted by Gasteiger charge is 2.12. The fraction of sp³-hybridized carbons (Fsp3) is 0.111. The van der Waals surface area contributed by atoms with E-state index in [9.17, 15) is 4.79 Å². The van der Waals surface area contributed by atoms with E-state index in [4.69, 9.17) is 0 Å². The molecule has 3 nitrogen and oxygen atoms in total. The number of para-hydroxylation sites is 1. The average molecular weight is 276 g/mol. The van der Waals surface area contributed by atoms with Gasteiger partial charge >= 0.3 is 0 Å². The van der Waals surface area contributed by atoms with E-state index in [1.54, 1.807) is 10.7 Å². The van der Waals surface area contributed by atoms with Crippen LogP contribution in [0.1, 0.15) is 28.5 Å². The molecular weight excluding hydrogens is 260 g/mol. The Balaban J connectivity index is 1.87. The van der Waals surface area contributed by atoms with E-state index in [0.29, 0.717) is 11.3 Å². The molecule has 2 aromatic carbocycles. The van der Waals surface area contributed by atoms with Crippen LogP contribution in [0.4, 0.5) is 0 Å². The maximum absolute atomic E-state index is 12.4. The van der Waals surface area contributed by atoms with Crippen LogP contribution in [0.5, 0.6) is 0 Å². The lowest BCUT2D eigenvalue weighted by Crippen LogP contribution is -2.04. The molecular formula is C18H16N2O. The van der Waals surface area contributed by atoms with Crippen molar-refractivity contribution in [3.8, 4) is 5.69 Å². The van der Waals surface area contributed by atoms with Gasteiger partial charge in [-0.3, -0.25) is 4.79 Å². The van der Waals surface area contributed by atoms with Gasteiger partial charge < -0.3 is 0 Å². The molecule has 0 N–H and O–H groups in total. The molecule has 21 heavy (non-hydrogen) atoms. The van der Waals surface area contributed by atoms with Crippen molar-refractivity contribution in [2.45, 2.75) is 13.3 Å². The second kappa shape index (κ2) is 5.75. The Hall–Kier alpha value is -2.68. The average Bonchev–Trinajstić information content (AvgIpc) is 3.05. The molecule has 0 aliphatic carbocycles. The van der Waals surface area contributed by atoms with Crippen LogP contribution in [-0.2, 0) is 6.42 Å². The zero-order valence-electron chi connectivity index (χ0n) is 11.9. The number of aromatic nitrogens is 2. The summed E-state index contributed by atoms with van der Waals surface area (Å²) in [6, 6.07) is 19.2. The summed E-state index contributed by atoms with van der Waals surface area (Å²) < 4.78 is 1.72. The van der Waals surface area contributed by atoms with Crippen LogP contribution in [0.3, 0.4) is 0 Å². The highest BCUT2D eigenvalue weighted by atomic mass is 16.1. The molecule has 3 heteroatoms. The summed E-state index contributed by atoms with van der Waals surface area (Å²) >= 11 is 0. The topological polar surface area (TPSA) is 34.9 Å². The number of benzene rings is 2. The van der Waals surface area contributed by atoms with Crippen molar-refractivity contribution in [2.24, 2.45) is 0 Å². The van der Waals surface area contributed by atoms with Gasteiger partial charge in [-0.1, -0.05) is 49.4 Å². The number of nitrogens with zero attached hydrogens (tertiary/aromatic N) is 2. The van der Waals surface area contributed by atoms with Gasteiger partial charge in [-0.05, 0) is 30.2 Å². The highest BCUT2D eigenvalue weighted by Crippen LogP contribution is 2.12. The van der Waals surface area contributed by atoms with Crippen molar-refractivity contribution in [2.75, 3.05) is 0 Å². The standard InChI is InChI=1S/C18H16N2O/c1-2-14-8-10-15(11-9-14)18(21)17-12-13-20(19-17)16-6-4-3-5-7-16/h3-13H,2H2,1H3. The van der Waals surface area contributed by atoms with Gasteiger partial charge in [-0.2, -0.15) is 5.10 Å². The lowest BCUT2D eigenvalue weighted by molar-refractivity contribution is 0.103. The first-order chi connectivity index (χ1) is 10.3. The summed E-state index contributed by atoms with van der Waals surface area (Å²) in [5, 5.41) is 4.37. The van der Waals surface area contributed by atoms with E-state index >= 15 is 0 Å². The van der Waals surface area contributed by atoms with E-state index in [1.165, 1.54) is 5.56 Å². The molecule has 0 saturated carbocycles. The summed E-state index contributed by atoms with van der Waals surface area (Å²) in [6.45, 7) is 2.10. The molecule has 1 heterocycles. The minimum atomic E-state index is -0.0488. The molecule has 0 aliphatic rings. The van der Waals surface area contributed by atoms with Crippen LogP contribution < -0.4 is 0 Å². The van der Waals surface area contributed by atoms with Crippen LogP contribution in [0.2, 0.25) is 0 Å². The van der Waals surface area contributed by atoms with Crippen LogP contribution in [-0.4, -0.2) is 15.6 Å². The maximum atomic E-state index is 12.4. The van der Waals surface area contributed by atoms with Gasteiger partial charge in [0.25, 0.3) is 0 Å². The SMILES string of the molecule is CCc1ccc(C(=O)c2ccn(-c3ccccc3)n2)cc1. The van der Waals surface area contributed by atoms with Crippen molar-refractivity contribution >= 4 is 5.78 Å². The lowest BCUT2D eigenvalue weighted by Gasteiger charge is -2.01. The van der Waals surface area contributed by atoms with E-state index in [2.05, 4.69) is 12.0 Å². The first-order valence-corrected chi connectivity index (χ1v) is 7.02. The molecule has 0 saturated heterocycles. The molecule has 0 bridgehead atoms. The molecule has 0 spiro atoms. The number of aryl methyl sites for hydroxylation is 1. The summed E-state index contributed by atoms with van der Waals surface area (Å²) in [7, 11) is 0. The molecule has 0 unspecified atom stereocenters. The summed E-state index contributed by atoms with van der Waals surface area (Å²) in [6.07, 6.45) is 2.78. The highest BCUT2D eigenvalue weighted by molar-refractivity contribution is 6.07. The van der Waals surface area contributed by atoms with Crippen molar-refractivity contribution in [3.63, 3.8) is 0 Å². The Labute approximate surface area is 123 Å². The van der Waals surface area contributed by atoms with Crippen molar-refractivity contribution < 1.29 is 4.79 Å². The molecule has 0 atom stereocenters. The first kappa shape index (κ1) is 13.3. The quantitative estimate of drug-likeness (QED) is 0.681. The van der Waals surface area contributed by atoms with Crippen molar-refractivity contribution in [1.82, 2.24) is 9.78 Å². The molecule has 104 valence electrons. The Morgan fingerprint density at radius 1 is 1.00 bits per heavy atom. The van der Waals surface area contributed by atoms with E-state index in [-0.39, 0.29) is 5.78 Å². The number of hydrogen-bond acceptors (Lipinski definition) is 2. The third-order valence-corrected chi connectivity index (χ3v) is 3.47. The van der Waals surface area contributed by atoms with E-state index in [1.807, 2.05) is 60.8 Å². The summed E-state index contributed by atoms with van der Waals surface area (Å²) in [5.74, 6) is -0.0488. The fourth-order valence-corrected chi connectivity index (χ4v) is 2.21. The smallest absolute Gasteiger partial charge is 0.213 e. The third kappa shape index (κ3) is 2.77. The van der Waals surface area contributed by atoms with Gasteiger partial charge in [-0.25, -0.2) is 4.68 Å². The van der Waals surface area contributed by atoms with Gasteiger partial charge in [0.05, 0.1) is 5.69 Å². The minimum Gasteiger partial charge on any atom is -0.287 e. The molecule has 0 aliphatic heterocycles.